The summed E-state index contributed by atoms with van der Waals surface area (Å²) in [7, 11) is 0. The van der Waals surface area contributed by atoms with Crippen LogP contribution in [0.15, 0.2) is 53.4 Å². The van der Waals surface area contributed by atoms with Crippen LogP contribution < -0.4 is 0 Å². The van der Waals surface area contributed by atoms with Crippen LogP contribution in [-0.2, 0) is 16.1 Å². The lowest BCUT2D eigenvalue weighted by molar-refractivity contribution is -0.130. The summed E-state index contributed by atoms with van der Waals surface area (Å²) in [5, 5.41) is 12.3. The van der Waals surface area contributed by atoms with Gasteiger partial charge in [-0.15, -0.1) is 11.3 Å². The molecule has 0 saturated carbocycles. The second kappa shape index (κ2) is 6.57. The lowest BCUT2D eigenvalue weighted by Crippen LogP contribution is -2.30. The number of pyridine rings is 1. The van der Waals surface area contributed by atoms with Gasteiger partial charge in [0.15, 0.2) is 11.5 Å². The van der Waals surface area contributed by atoms with Gasteiger partial charge in [-0.05, 0) is 23.1 Å². The highest BCUT2D eigenvalue weighted by atomic mass is 32.1. The van der Waals surface area contributed by atoms with Crippen LogP contribution in [0, 0.1) is 5.92 Å². The number of nitrogens with zero attached hydrogens (tertiary/aromatic N) is 2. The maximum atomic E-state index is 12.6. The van der Waals surface area contributed by atoms with Gasteiger partial charge in [0.2, 0.25) is 0 Å². The minimum atomic E-state index is -0.608. The number of carbonyl (C=O) groups is 2. The maximum Gasteiger partial charge on any atom is 0.290 e. The summed E-state index contributed by atoms with van der Waals surface area (Å²) in [4.78, 5) is 31.8. The standard InChI is InChI=1S/C18H18N2O3S/c1-11(2)16(21)14-15(12-5-3-7-19-9-12)20(18(23)17(14)22)10-13-6-4-8-24-13/h3-9,11,15,22H,10H2,1-2H3. The first-order valence-electron chi connectivity index (χ1n) is 7.71. The third-order valence-electron chi connectivity index (χ3n) is 4.00. The van der Waals surface area contributed by atoms with Crippen molar-refractivity contribution in [2.75, 3.05) is 0 Å². The smallest absolute Gasteiger partial charge is 0.290 e. The minimum Gasteiger partial charge on any atom is -0.503 e. The summed E-state index contributed by atoms with van der Waals surface area (Å²) in [5.74, 6) is -1.49. The van der Waals surface area contributed by atoms with Crippen LogP contribution in [0.2, 0.25) is 0 Å². The van der Waals surface area contributed by atoms with Gasteiger partial charge in [-0.2, -0.15) is 0 Å². The molecule has 1 amide bonds. The third-order valence-corrected chi connectivity index (χ3v) is 4.86. The van der Waals surface area contributed by atoms with E-state index in [9.17, 15) is 14.7 Å². The number of aliphatic hydroxyl groups excluding tert-OH is 1. The average Bonchev–Trinajstić information content (AvgIpc) is 3.17. The molecule has 0 saturated heterocycles. The Morgan fingerprint density at radius 2 is 2.17 bits per heavy atom. The Hall–Kier alpha value is -2.47. The van der Waals surface area contributed by atoms with Crippen LogP contribution in [0.4, 0.5) is 0 Å². The van der Waals surface area contributed by atoms with Crippen molar-refractivity contribution in [2.45, 2.75) is 26.4 Å². The van der Waals surface area contributed by atoms with E-state index in [2.05, 4.69) is 4.98 Å². The summed E-state index contributed by atoms with van der Waals surface area (Å²) in [6.07, 6.45) is 3.27. The number of Topliss-reactive ketones (excluding diaryl/α,β-unsaturated/α-hetero) is 1. The first kappa shape index (κ1) is 16.4. The topological polar surface area (TPSA) is 70.5 Å². The van der Waals surface area contributed by atoms with Crippen molar-refractivity contribution in [3.8, 4) is 0 Å². The predicted octanol–water partition coefficient (Wildman–Crippen LogP) is 3.26. The summed E-state index contributed by atoms with van der Waals surface area (Å²) in [6, 6.07) is 6.81. The van der Waals surface area contributed by atoms with E-state index in [1.165, 1.54) is 16.2 Å². The minimum absolute atomic E-state index is 0.166. The Balaban J connectivity index is 2.06. The normalized spacial score (nSPS) is 17.9. The van der Waals surface area contributed by atoms with Crippen LogP contribution in [0.5, 0.6) is 0 Å². The molecule has 0 fully saturated rings. The number of amides is 1. The fraction of sp³-hybridized carbons (Fsp3) is 0.278. The lowest BCUT2D eigenvalue weighted by Gasteiger charge is -2.26. The Bertz CT molecular complexity index is 782. The SMILES string of the molecule is CC(C)C(=O)C1=C(O)C(=O)N(Cc2cccs2)C1c1cccnc1. The van der Waals surface area contributed by atoms with Crippen LogP contribution in [0.25, 0.3) is 0 Å². The molecule has 1 N–H and O–H groups in total. The quantitative estimate of drug-likeness (QED) is 0.905. The molecule has 1 aliphatic rings. The number of aliphatic hydroxyl groups is 1. The molecule has 0 aromatic carbocycles. The average molecular weight is 342 g/mol. The van der Waals surface area contributed by atoms with Gasteiger partial charge in [-0.3, -0.25) is 14.6 Å². The molecule has 0 radical (unpaired) electrons. The van der Waals surface area contributed by atoms with Crippen molar-refractivity contribution in [3.05, 3.63) is 63.8 Å². The van der Waals surface area contributed by atoms with Gasteiger partial charge in [0, 0.05) is 23.2 Å². The van der Waals surface area contributed by atoms with E-state index in [1.807, 2.05) is 23.6 Å². The molecule has 5 nitrogen and oxygen atoms in total. The van der Waals surface area contributed by atoms with E-state index in [1.54, 1.807) is 32.3 Å². The van der Waals surface area contributed by atoms with Crippen LogP contribution in [0.3, 0.4) is 0 Å². The summed E-state index contributed by atoms with van der Waals surface area (Å²) < 4.78 is 0. The van der Waals surface area contributed by atoms with E-state index in [0.717, 1.165) is 10.4 Å². The van der Waals surface area contributed by atoms with E-state index in [0.29, 0.717) is 6.54 Å². The van der Waals surface area contributed by atoms with Crippen molar-refractivity contribution in [1.82, 2.24) is 9.88 Å². The number of hydrogen-bond donors (Lipinski definition) is 1. The van der Waals surface area contributed by atoms with Crippen molar-refractivity contribution < 1.29 is 14.7 Å². The maximum absolute atomic E-state index is 12.6. The molecular weight excluding hydrogens is 324 g/mol. The summed E-state index contributed by atoms with van der Waals surface area (Å²) in [6.45, 7) is 3.86. The van der Waals surface area contributed by atoms with E-state index < -0.39 is 17.7 Å². The zero-order chi connectivity index (χ0) is 17.3. The van der Waals surface area contributed by atoms with Crippen LogP contribution in [-0.4, -0.2) is 26.7 Å². The Morgan fingerprint density at radius 1 is 1.38 bits per heavy atom. The second-order valence-electron chi connectivity index (χ2n) is 5.98. The van der Waals surface area contributed by atoms with Gasteiger partial charge >= 0.3 is 0 Å². The predicted molar refractivity (Wildman–Crippen MR) is 91.3 cm³/mol. The molecule has 3 heterocycles. The molecule has 3 rings (SSSR count). The molecule has 0 spiro atoms. The number of hydrogen-bond acceptors (Lipinski definition) is 5. The zero-order valence-corrected chi connectivity index (χ0v) is 14.3. The lowest BCUT2D eigenvalue weighted by atomic mass is 9.92. The monoisotopic (exact) mass is 342 g/mol. The Kier molecular flexibility index (Phi) is 4.49. The Labute approximate surface area is 144 Å². The largest absolute Gasteiger partial charge is 0.503 e. The molecule has 6 heteroatoms. The molecule has 1 unspecified atom stereocenters. The molecule has 2 aromatic heterocycles. The van der Waals surface area contributed by atoms with E-state index in [-0.39, 0.29) is 17.3 Å². The van der Waals surface area contributed by atoms with Gasteiger partial charge in [-0.1, -0.05) is 26.0 Å². The Morgan fingerprint density at radius 3 is 2.75 bits per heavy atom. The number of aromatic nitrogens is 1. The molecular formula is C18H18N2O3S. The van der Waals surface area contributed by atoms with Gasteiger partial charge in [0.25, 0.3) is 5.91 Å². The highest BCUT2D eigenvalue weighted by molar-refractivity contribution is 7.09. The highest BCUT2D eigenvalue weighted by Gasteiger charge is 2.44. The molecule has 1 atom stereocenters. The fourth-order valence-corrected chi connectivity index (χ4v) is 3.54. The highest BCUT2D eigenvalue weighted by Crippen LogP contribution is 2.39. The second-order valence-corrected chi connectivity index (χ2v) is 7.01. The first-order valence-corrected chi connectivity index (χ1v) is 8.59. The van der Waals surface area contributed by atoms with Gasteiger partial charge in [0.05, 0.1) is 18.2 Å². The molecule has 124 valence electrons. The molecule has 0 bridgehead atoms. The van der Waals surface area contributed by atoms with Crippen molar-refractivity contribution in [1.29, 1.82) is 0 Å². The van der Waals surface area contributed by atoms with Crippen LogP contribution >= 0.6 is 11.3 Å². The number of carbonyl (C=O) groups excluding carboxylic acids is 2. The van der Waals surface area contributed by atoms with Crippen molar-refractivity contribution >= 4 is 23.0 Å². The molecule has 2 aromatic rings. The molecule has 24 heavy (non-hydrogen) atoms. The fourth-order valence-electron chi connectivity index (χ4n) is 2.83. The molecule has 0 aliphatic carbocycles. The van der Waals surface area contributed by atoms with Crippen molar-refractivity contribution in [3.63, 3.8) is 0 Å². The third kappa shape index (κ3) is 2.85. The van der Waals surface area contributed by atoms with Gasteiger partial charge in [0.1, 0.15) is 0 Å². The van der Waals surface area contributed by atoms with Gasteiger partial charge < -0.3 is 10.0 Å². The number of ketones is 1. The molecule has 1 aliphatic heterocycles. The number of thiophene rings is 1. The summed E-state index contributed by atoms with van der Waals surface area (Å²) >= 11 is 1.53. The van der Waals surface area contributed by atoms with Crippen molar-refractivity contribution in [2.24, 2.45) is 5.92 Å². The first-order chi connectivity index (χ1) is 11.5. The van der Waals surface area contributed by atoms with Crippen LogP contribution in [0.1, 0.15) is 30.3 Å². The zero-order valence-electron chi connectivity index (χ0n) is 13.5. The summed E-state index contributed by atoms with van der Waals surface area (Å²) in [5.41, 5.74) is 0.884. The van der Waals surface area contributed by atoms with Gasteiger partial charge in [-0.25, -0.2) is 0 Å². The van der Waals surface area contributed by atoms with E-state index >= 15 is 0 Å². The van der Waals surface area contributed by atoms with E-state index in [4.69, 9.17) is 0 Å². The number of rotatable bonds is 5.